The third-order valence-electron chi connectivity index (χ3n) is 2.74. The van der Waals surface area contributed by atoms with Crippen molar-refractivity contribution in [2.45, 2.75) is 20.5 Å². The Morgan fingerprint density at radius 3 is 2.56 bits per heavy atom. The summed E-state index contributed by atoms with van der Waals surface area (Å²) < 4.78 is 18.8. The summed E-state index contributed by atoms with van der Waals surface area (Å²) in [5.41, 5.74) is 2.31. The summed E-state index contributed by atoms with van der Waals surface area (Å²) in [6.07, 6.45) is 0. The Kier molecular flexibility index (Phi) is 3.63. The second kappa shape index (κ2) is 5.19. The van der Waals surface area contributed by atoms with Gasteiger partial charge in [0.2, 0.25) is 0 Å². The highest BCUT2D eigenvalue weighted by Gasteiger charge is 2.06. The summed E-state index contributed by atoms with van der Waals surface area (Å²) in [7, 11) is 0. The zero-order valence-electron chi connectivity index (χ0n) is 10.4. The fourth-order valence-corrected chi connectivity index (χ4v) is 1.74. The number of rotatable bonds is 3. The van der Waals surface area contributed by atoms with Crippen molar-refractivity contribution < 1.29 is 14.2 Å². The lowest BCUT2D eigenvalue weighted by atomic mass is 10.1. The standard InChI is InChI=1S/C15H15FO2/c1-10-3-6-15(12(7-10)9-17)18-13-4-5-14(16)11(2)8-13/h3-8,17H,9H2,1-2H3. The molecule has 0 saturated heterocycles. The van der Waals surface area contributed by atoms with Gasteiger partial charge in [-0.1, -0.05) is 17.7 Å². The van der Waals surface area contributed by atoms with E-state index in [-0.39, 0.29) is 12.4 Å². The molecule has 2 nitrogen and oxygen atoms in total. The molecule has 3 heteroatoms. The maximum atomic E-state index is 13.1. The van der Waals surface area contributed by atoms with E-state index in [9.17, 15) is 9.50 Å². The average molecular weight is 246 g/mol. The van der Waals surface area contributed by atoms with Crippen LogP contribution in [0.4, 0.5) is 4.39 Å². The van der Waals surface area contributed by atoms with Gasteiger partial charge in [-0.15, -0.1) is 0 Å². The largest absolute Gasteiger partial charge is 0.457 e. The highest BCUT2D eigenvalue weighted by atomic mass is 19.1. The molecule has 2 aromatic rings. The van der Waals surface area contributed by atoms with Gasteiger partial charge in [0.1, 0.15) is 17.3 Å². The summed E-state index contributed by atoms with van der Waals surface area (Å²) in [5, 5.41) is 9.28. The lowest BCUT2D eigenvalue weighted by Crippen LogP contribution is -1.93. The normalized spacial score (nSPS) is 10.4. The molecule has 0 aliphatic rings. The Balaban J connectivity index is 2.30. The molecule has 0 unspecified atom stereocenters. The van der Waals surface area contributed by atoms with Gasteiger partial charge in [-0.05, 0) is 43.7 Å². The highest BCUT2D eigenvalue weighted by Crippen LogP contribution is 2.27. The van der Waals surface area contributed by atoms with Crippen molar-refractivity contribution in [3.63, 3.8) is 0 Å². The van der Waals surface area contributed by atoms with Gasteiger partial charge in [0.25, 0.3) is 0 Å². The maximum Gasteiger partial charge on any atom is 0.132 e. The molecule has 0 spiro atoms. The van der Waals surface area contributed by atoms with Crippen molar-refractivity contribution in [1.29, 1.82) is 0 Å². The van der Waals surface area contributed by atoms with E-state index in [1.165, 1.54) is 6.07 Å². The molecular weight excluding hydrogens is 231 g/mol. The van der Waals surface area contributed by atoms with Crippen LogP contribution in [0, 0.1) is 19.7 Å². The first-order valence-electron chi connectivity index (χ1n) is 5.74. The van der Waals surface area contributed by atoms with Gasteiger partial charge >= 0.3 is 0 Å². The van der Waals surface area contributed by atoms with E-state index in [2.05, 4.69) is 0 Å². The number of ether oxygens (including phenoxy) is 1. The smallest absolute Gasteiger partial charge is 0.132 e. The van der Waals surface area contributed by atoms with E-state index < -0.39 is 0 Å². The number of aliphatic hydroxyl groups excluding tert-OH is 1. The number of aliphatic hydroxyl groups is 1. The third-order valence-corrected chi connectivity index (χ3v) is 2.74. The van der Waals surface area contributed by atoms with Crippen LogP contribution in [0.2, 0.25) is 0 Å². The minimum Gasteiger partial charge on any atom is -0.457 e. The Hall–Kier alpha value is -1.87. The van der Waals surface area contributed by atoms with Crippen molar-refractivity contribution in [2.75, 3.05) is 0 Å². The van der Waals surface area contributed by atoms with Crippen LogP contribution in [0.5, 0.6) is 11.5 Å². The van der Waals surface area contributed by atoms with Gasteiger partial charge < -0.3 is 9.84 Å². The van der Waals surface area contributed by atoms with Gasteiger partial charge in [-0.3, -0.25) is 0 Å². The molecule has 0 saturated carbocycles. The first kappa shape index (κ1) is 12.6. The summed E-state index contributed by atoms with van der Waals surface area (Å²) >= 11 is 0. The molecule has 0 bridgehead atoms. The van der Waals surface area contributed by atoms with Gasteiger partial charge in [-0.25, -0.2) is 4.39 Å². The van der Waals surface area contributed by atoms with Crippen molar-refractivity contribution in [3.05, 3.63) is 58.9 Å². The maximum absolute atomic E-state index is 13.1. The van der Waals surface area contributed by atoms with Crippen molar-refractivity contribution >= 4 is 0 Å². The van der Waals surface area contributed by atoms with E-state index in [0.29, 0.717) is 17.1 Å². The van der Waals surface area contributed by atoms with Crippen molar-refractivity contribution in [2.24, 2.45) is 0 Å². The monoisotopic (exact) mass is 246 g/mol. The number of halogens is 1. The molecule has 2 aromatic carbocycles. The number of aryl methyl sites for hydroxylation is 2. The summed E-state index contributed by atoms with van der Waals surface area (Å²) in [5.74, 6) is 0.898. The number of benzene rings is 2. The molecule has 0 aromatic heterocycles. The third kappa shape index (κ3) is 2.68. The molecule has 94 valence electrons. The molecule has 0 fully saturated rings. The first-order valence-corrected chi connectivity index (χ1v) is 5.74. The van der Waals surface area contributed by atoms with Crippen LogP contribution in [-0.4, -0.2) is 5.11 Å². The second-order valence-electron chi connectivity index (χ2n) is 4.28. The summed E-state index contributed by atoms with van der Waals surface area (Å²) in [6.45, 7) is 3.55. The fraction of sp³-hybridized carbons (Fsp3) is 0.200. The lowest BCUT2D eigenvalue weighted by molar-refractivity contribution is 0.276. The second-order valence-corrected chi connectivity index (χ2v) is 4.28. The molecule has 2 rings (SSSR count). The van der Waals surface area contributed by atoms with Gasteiger partial charge in [0, 0.05) is 5.56 Å². The molecule has 18 heavy (non-hydrogen) atoms. The highest BCUT2D eigenvalue weighted by molar-refractivity contribution is 5.40. The van der Waals surface area contributed by atoms with E-state index >= 15 is 0 Å². The average Bonchev–Trinajstić information content (AvgIpc) is 2.36. The molecule has 0 radical (unpaired) electrons. The van der Waals surface area contributed by atoms with Crippen LogP contribution in [0.3, 0.4) is 0 Å². The predicted octanol–water partition coefficient (Wildman–Crippen LogP) is 3.73. The minimum atomic E-state index is -0.256. The Morgan fingerprint density at radius 1 is 1.11 bits per heavy atom. The predicted molar refractivity (Wildman–Crippen MR) is 68.3 cm³/mol. The summed E-state index contributed by atoms with van der Waals surface area (Å²) in [6, 6.07) is 10.2. The van der Waals surface area contributed by atoms with Gasteiger partial charge in [0.05, 0.1) is 6.61 Å². The number of hydrogen-bond acceptors (Lipinski definition) is 2. The zero-order valence-corrected chi connectivity index (χ0v) is 10.4. The van der Waals surface area contributed by atoms with E-state index in [0.717, 1.165) is 11.1 Å². The van der Waals surface area contributed by atoms with Crippen LogP contribution in [-0.2, 0) is 6.61 Å². The van der Waals surface area contributed by atoms with Crippen molar-refractivity contribution in [3.8, 4) is 11.5 Å². The zero-order chi connectivity index (χ0) is 13.1. The topological polar surface area (TPSA) is 29.5 Å². The van der Waals surface area contributed by atoms with Crippen LogP contribution < -0.4 is 4.74 Å². The molecule has 0 amide bonds. The van der Waals surface area contributed by atoms with E-state index in [4.69, 9.17) is 4.74 Å². The van der Waals surface area contributed by atoms with E-state index in [1.807, 2.05) is 19.1 Å². The van der Waals surface area contributed by atoms with Gasteiger partial charge in [0.15, 0.2) is 0 Å². The Bertz CT molecular complexity index is 564. The van der Waals surface area contributed by atoms with Crippen LogP contribution in [0.25, 0.3) is 0 Å². The van der Waals surface area contributed by atoms with Crippen LogP contribution >= 0.6 is 0 Å². The summed E-state index contributed by atoms with van der Waals surface area (Å²) in [4.78, 5) is 0. The van der Waals surface area contributed by atoms with Crippen LogP contribution in [0.1, 0.15) is 16.7 Å². The van der Waals surface area contributed by atoms with Gasteiger partial charge in [-0.2, -0.15) is 0 Å². The Morgan fingerprint density at radius 2 is 1.89 bits per heavy atom. The molecular formula is C15H15FO2. The Labute approximate surface area is 106 Å². The fourth-order valence-electron chi connectivity index (χ4n) is 1.74. The molecule has 0 heterocycles. The SMILES string of the molecule is Cc1ccc(Oc2ccc(F)c(C)c2)c(CO)c1. The molecule has 0 aliphatic carbocycles. The first-order chi connectivity index (χ1) is 8.60. The van der Waals surface area contributed by atoms with Crippen LogP contribution in [0.15, 0.2) is 36.4 Å². The molecule has 1 N–H and O–H groups in total. The lowest BCUT2D eigenvalue weighted by Gasteiger charge is -2.11. The van der Waals surface area contributed by atoms with Crippen molar-refractivity contribution in [1.82, 2.24) is 0 Å². The van der Waals surface area contributed by atoms with E-state index in [1.54, 1.807) is 25.1 Å². The quantitative estimate of drug-likeness (QED) is 0.894. The minimum absolute atomic E-state index is 0.0861. The number of hydrogen-bond donors (Lipinski definition) is 1. The molecule has 0 aliphatic heterocycles. The molecule has 0 atom stereocenters.